The highest BCUT2D eigenvalue weighted by atomic mass is 16.6. The van der Waals surface area contributed by atoms with Crippen molar-refractivity contribution in [2.45, 2.75) is 46.4 Å². The van der Waals surface area contributed by atoms with Gasteiger partial charge in [-0.1, -0.05) is 84.9 Å². The normalized spacial score (nSPS) is 11.2. The first kappa shape index (κ1) is 30.7. The van der Waals surface area contributed by atoms with E-state index in [1.807, 2.05) is 78.9 Å². The number of carbonyl (C=O) groups excluding carboxylic acids is 2. The number of hydrogen-bond acceptors (Lipinski definition) is 8. The number of benzene rings is 4. The molecule has 1 aromatic heterocycles. The van der Waals surface area contributed by atoms with E-state index in [2.05, 4.69) is 15.5 Å². The van der Waals surface area contributed by atoms with E-state index < -0.39 is 22.4 Å². The zero-order valence-electron chi connectivity index (χ0n) is 25.4. The van der Waals surface area contributed by atoms with E-state index in [1.165, 1.54) is 25.1 Å². The lowest BCUT2D eigenvalue weighted by atomic mass is 9.98. The van der Waals surface area contributed by atoms with Gasteiger partial charge in [-0.05, 0) is 66.4 Å². The summed E-state index contributed by atoms with van der Waals surface area (Å²) in [5, 5.41) is 24.5. The lowest BCUT2D eigenvalue weighted by Gasteiger charge is -2.28. The third kappa shape index (κ3) is 7.10. The molecule has 11 heteroatoms. The van der Waals surface area contributed by atoms with Crippen LogP contribution in [0.3, 0.4) is 0 Å². The van der Waals surface area contributed by atoms with E-state index in [4.69, 9.17) is 4.74 Å². The SMILES string of the molecule is CC(=O)c1cccc([N+](=O)[O-])c1N(Cc1ccc(-c2ccccc2-c2nnnn2Cc2ccccc2)cc1)C(=O)OC(C)(C)C. The third-order valence-corrected chi connectivity index (χ3v) is 6.96. The van der Waals surface area contributed by atoms with Crippen molar-refractivity contribution >= 4 is 23.3 Å². The van der Waals surface area contributed by atoms with Gasteiger partial charge in [0.15, 0.2) is 11.6 Å². The van der Waals surface area contributed by atoms with Crippen LogP contribution in [-0.4, -0.2) is 42.6 Å². The zero-order valence-corrected chi connectivity index (χ0v) is 25.4. The molecule has 0 aliphatic heterocycles. The van der Waals surface area contributed by atoms with Gasteiger partial charge in [0.1, 0.15) is 11.3 Å². The van der Waals surface area contributed by atoms with Gasteiger partial charge in [0.05, 0.1) is 18.0 Å². The monoisotopic (exact) mass is 604 g/mol. The highest BCUT2D eigenvalue weighted by Crippen LogP contribution is 2.36. The van der Waals surface area contributed by atoms with Gasteiger partial charge >= 0.3 is 6.09 Å². The summed E-state index contributed by atoms with van der Waals surface area (Å²) in [5.74, 6) is 0.201. The quantitative estimate of drug-likeness (QED) is 0.0987. The summed E-state index contributed by atoms with van der Waals surface area (Å²) in [6.07, 6.45) is -0.807. The standard InChI is InChI=1S/C34H32N6O5/c1-23(41)27-15-10-16-30(40(43)44)31(27)38(33(42)45-34(2,3)4)21-25-17-19-26(20-18-25)28-13-8-9-14-29(28)32-35-36-37-39(32)22-24-11-6-5-7-12-24/h5-20H,21-22H2,1-4H3. The van der Waals surface area contributed by atoms with Crippen molar-refractivity contribution in [3.8, 4) is 22.5 Å². The third-order valence-electron chi connectivity index (χ3n) is 6.96. The van der Waals surface area contributed by atoms with E-state index in [0.717, 1.165) is 27.2 Å². The minimum Gasteiger partial charge on any atom is -0.443 e. The van der Waals surface area contributed by atoms with Crippen molar-refractivity contribution in [1.82, 2.24) is 20.2 Å². The minimum absolute atomic E-state index is 0.0498. The summed E-state index contributed by atoms with van der Waals surface area (Å²) in [7, 11) is 0. The number of carbonyl (C=O) groups is 2. The van der Waals surface area contributed by atoms with Gasteiger partial charge in [-0.2, -0.15) is 0 Å². The molecular weight excluding hydrogens is 572 g/mol. The van der Waals surface area contributed by atoms with Crippen LogP contribution in [0.4, 0.5) is 16.2 Å². The molecule has 0 saturated heterocycles. The number of nitro benzene ring substituents is 1. The number of anilines is 1. The summed E-state index contributed by atoms with van der Waals surface area (Å²) in [4.78, 5) is 38.6. The molecule has 45 heavy (non-hydrogen) atoms. The smallest absolute Gasteiger partial charge is 0.415 e. The Balaban J connectivity index is 1.50. The second kappa shape index (κ2) is 12.9. The maximum Gasteiger partial charge on any atom is 0.415 e. The molecule has 0 aliphatic carbocycles. The zero-order chi connectivity index (χ0) is 32.1. The molecule has 5 aromatic rings. The second-order valence-corrected chi connectivity index (χ2v) is 11.4. The van der Waals surface area contributed by atoms with Crippen LogP contribution >= 0.6 is 0 Å². The number of para-hydroxylation sites is 1. The van der Waals surface area contributed by atoms with Gasteiger partial charge in [-0.15, -0.1) is 5.10 Å². The summed E-state index contributed by atoms with van der Waals surface area (Å²) >= 11 is 0. The molecule has 0 unspecified atom stereocenters. The highest BCUT2D eigenvalue weighted by molar-refractivity contribution is 6.06. The fraction of sp³-hybridized carbons (Fsp3) is 0.206. The van der Waals surface area contributed by atoms with E-state index in [1.54, 1.807) is 25.5 Å². The fourth-order valence-electron chi connectivity index (χ4n) is 4.96. The summed E-state index contributed by atoms with van der Waals surface area (Å²) in [6, 6.07) is 29.3. The maximum atomic E-state index is 13.5. The number of ether oxygens (including phenoxy) is 1. The first-order valence-corrected chi connectivity index (χ1v) is 14.3. The van der Waals surface area contributed by atoms with E-state index in [-0.39, 0.29) is 23.5 Å². The molecule has 0 spiro atoms. The first-order valence-electron chi connectivity index (χ1n) is 14.3. The van der Waals surface area contributed by atoms with Crippen molar-refractivity contribution < 1.29 is 19.2 Å². The lowest BCUT2D eigenvalue weighted by Crippen LogP contribution is -2.37. The van der Waals surface area contributed by atoms with Gasteiger partial charge in [0.2, 0.25) is 0 Å². The van der Waals surface area contributed by atoms with Crippen molar-refractivity contribution in [2.75, 3.05) is 4.90 Å². The molecule has 0 fully saturated rings. The van der Waals surface area contributed by atoms with Crippen molar-refractivity contribution in [3.63, 3.8) is 0 Å². The highest BCUT2D eigenvalue weighted by Gasteiger charge is 2.32. The predicted octanol–water partition coefficient (Wildman–Crippen LogP) is 7.11. The molecule has 4 aromatic carbocycles. The molecule has 228 valence electrons. The Morgan fingerprint density at radius 3 is 2.18 bits per heavy atom. The number of rotatable bonds is 9. The molecule has 0 saturated carbocycles. The van der Waals surface area contributed by atoms with Crippen LogP contribution in [-0.2, 0) is 17.8 Å². The Hall–Kier alpha value is -5.71. The molecule has 1 heterocycles. The number of Topliss-reactive ketones (excluding diaryl/α,β-unsaturated/α-hetero) is 1. The molecule has 11 nitrogen and oxygen atoms in total. The van der Waals surface area contributed by atoms with Gasteiger partial charge < -0.3 is 4.74 Å². The number of hydrogen-bond donors (Lipinski definition) is 0. The predicted molar refractivity (Wildman–Crippen MR) is 170 cm³/mol. The second-order valence-electron chi connectivity index (χ2n) is 11.4. The number of amides is 1. The number of aromatic nitrogens is 4. The van der Waals surface area contributed by atoms with E-state index in [9.17, 15) is 19.7 Å². The van der Waals surface area contributed by atoms with Crippen LogP contribution in [0.25, 0.3) is 22.5 Å². The van der Waals surface area contributed by atoms with Gasteiger partial charge in [0.25, 0.3) is 5.69 Å². The number of ketones is 1. The lowest BCUT2D eigenvalue weighted by molar-refractivity contribution is -0.384. The van der Waals surface area contributed by atoms with Gasteiger partial charge in [0, 0.05) is 17.2 Å². The van der Waals surface area contributed by atoms with Crippen LogP contribution < -0.4 is 4.90 Å². The van der Waals surface area contributed by atoms with Crippen LogP contribution in [0, 0.1) is 10.1 Å². The summed E-state index contributed by atoms with van der Waals surface area (Å²) < 4.78 is 7.38. The molecule has 0 atom stereocenters. The molecular formula is C34H32N6O5. The fourth-order valence-corrected chi connectivity index (χ4v) is 4.96. The Morgan fingerprint density at radius 2 is 1.53 bits per heavy atom. The van der Waals surface area contributed by atoms with Crippen molar-refractivity contribution in [1.29, 1.82) is 0 Å². The molecule has 5 rings (SSSR count). The molecule has 0 bridgehead atoms. The molecule has 1 amide bonds. The summed E-state index contributed by atoms with van der Waals surface area (Å²) in [5.41, 5.74) is 3.05. The van der Waals surface area contributed by atoms with Crippen molar-refractivity contribution in [3.05, 3.63) is 124 Å². The topological polar surface area (TPSA) is 133 Å². The minimum atomic E-state index is -0.876. The molecule has 0 N–H and O–H groups in total. The average molecular weight is 605 g/mol. The molecule has 0 aliphatic rings. The van der Waals surface area contributed by atoms with Crippen molar-refractivity contribution in [2.24, 2.45) is 0 Å². The molecule has 0 radical (unpaired) electrons. The van der Waals surface area contributed by atoms with E-state index in [0.29, 0.717) is 17.9 Å². The van der Waals surface area contributed by atoms with Crippen LogP contribution in [0.15, 0.2) is 97.1 Å². The Labute approximate surface area is 260 Å². The van der Waals surface area contributed by atoms with Gasteiger partial charge in [-0.25, -0.2) is 9.48 Å². The Kier molecular flexibility index (Phi) is 8.80. The number of nitrogens with zero attached hydrogens (tertiary/aromatic N) is 6. The Bertz CT molecular complexity index is 1810. The largest absolute Gasteiger partial charge is 0.443 e. The average Bonchev–Trinajstić information content (AvgIpc) is 3.47. The van der Waals surface area contributed by atoms with E-state index >= 15 is 0 Å². The van der Waals surface area contributed by atoms with Gasteiger partial charge in [-0.3, -0.25) is 19.8 Å². The first-order chi connectivity index (χ1) is 21.5. The summed E-state index contributed by atoms with van der Waals surface area (Å²) in [6.45, 7) is 6.85. The Morgan fingerprint density at radius 1 is 0.867 bits per heavy atom. The van der Waals surface area contributed by atoms with Crippen LogP contribution in [0.2, 0.25) is 0 Å². The number of tetrazole rings is 1. The number of nitro groups is 1. The maximum absolute atomic E-state index is 13.5. The van der Waals surface area contributed by atoms with Crippen LogP contribution in [0.5, 0.6) is 0 Å². The van der Waals surface area contributed by atoms with Crippen LogP contribution in [0.1, 0.15) is 49.2 Å².